The molecule has 0 amide bonds. The average molecular weight is 825 g/mol. The average Bonchev–Trinajstić information content (AvgIpc) is 3.19. The lowest BCUT2D eigenvalue weighted by Gasteiger charge is -2.45. The Morgan fingerprint density at radius 1 is 0.724 bits per heavy atom. The zero-order valence-corrected chi connectivity index (χ0v) is 31.4. The molecule has 0 radical (unpaired) electrons. The van der Waals surface area contributed by atoms with E-state index in [9.17, 15) is 66.1 Å². The lowest BCUT2D eigenvalue weighted by Crippen LogP contribution is -2.64. The normalized spacial score (nSPS) is 35.4. The standard InChI is InChI=1S/C38H48O20/c1-13(2)4-9-17-19(53-37-29(49)26(46)23(43)20(11-39)54-37)10-18(42)22-25(45)35(33(56-34(17)22)15-5-7-16(41)8-6-15)58-36-31(51)28(48)32(14(3)52-36)57-38-30(50)27(47)24(44)21(12-40)55-38/h4-8,10,14,20-21,23-24,26-32,36-44,46-51H,9,11-12H2,1-3H3/t14-,20-,21-,23-,24-,26-,27-,28-,29-,30-,31-,32+,36-,37-,38+/m0/s1. The summed E-state index contributed by atoms with van der Waals surface area (Å²) in [5.41, 5.74) is -0.171. The molecule has 3 aliphatic rings. The summed E-state index contributed by atoms with van der Waals surface area (Å²) in [7, 11) is 0. The molecular formula is C38H48O20. The van der Waals surface area contributed by atoms with Gasteiger partial charge in [0.15, 0.2) is 12.1 Å². The monoisotopic (exact) mass is 824 g/mol. The van der Waals surface area contributed by atoms with Gasteiger partial charge in [-0.1, -0.05) is 11.6 Å². The maximum absolute atomic E-state index is 14.5. The van der Waals surface area contributed by atoms with Gasteiger partial charge < -0.3 is 94.1 Å². The van der Waals surface area contributed by atoms with Crippen molar-refractivity contribution in [1.29, 1.82) is 0 Å². The Balaban J connectivity index is 1.40. The molecule has 0 saturated carbocycles. The van der Waals surface area contributed by atoms with Gasteiger partial charge >= 0.3 is 0 Å². The zero-order valence-electron chi connectivity index (χ0n) is 31.4. The van der Waals surface area contributed by atoms with Gasteiger partial charge in [-0.15, -0.1) is 0 Å². The Kier molecular flexibility index (Phi) is 13.3. The van der Waals surface area contributed by atoms with E-state index in [4.69, 9.17) is 32.8 Å². The summed E-state index contributed by atoms with van der Waals surface area (Å²) in [6, 6.07) is 6.33. The molecule has 1 aromatic heterocycles. The second kappa shape index (κ2) is 17.7. The van der Waals surface area contributed by atoms with Crippen LogP contribution >= 0.6 is 0 Å². The number of ether oxygens (including phenoxy) is 6. The number of aliphatic hydroxyl groups is 10. The van der Waals surface area contributed by atoms with Crippen LogP contribution in [-0.4, -0.2) is 167 Å². The second-order valence-corrected chi connectivity index (χ2v) is 14.6. The maximum Gasteiger partial charge on any atom is 0.239 e. The molecular weight excluding hydrogens is 776 g/mol. The highest BCUT2D eigenvalue weighted by atomic mass is 16.7. The first-order chi connectivity index (χ1) is 27.5. The molecule has 20 nitrogen and oxygen atoms in total. The number of hydrogen-bond donors (Lipinski definition) is 12. The molecule has 0 unspecified atom stereocenters. The molecule has 3 saturated heterocycles. The molecule has 0 aliphatic carbocycles. The van der Waals surface area contributed by atoms with E-state index in [1.165, 1.54) is 31.2 Å². The van der Waals surface area contributed by atoms with Crippen LogP contribution in [0.5, 0.6) is 23.0 Å². The first-order valence-corrected chi connectivity index (χ1v) is 18.4. The molecule has 12 N–H and O–H groups in total. The summed E-state index contributed by atoms with van der Waals surface area (Å²) in [4.78, 5) is 14.5. The Morgan fingerprint density at radius 3 is 1.86 bits per heavy atom. The maximum atomic E-state index is 14.5. The van der Waals surface area contributed by atoms with Gasteiger partial charge in [0.25, 0.3) is 0 Å². The number of aromatic hydroxyl groups is 2. The molecule has 2 aromatic carbocycles. The summed E-state index contributed by atoms with van der Waals surface area (Å²) >= 11 is 0. The van der Waals surface area contributed by atoms with Crippen LogP contribution in [-0.2, 0) is 25.4 Å². The molecule has 320 valence electrons. The molecule has 0 spiro atoms. The van der Waals surface area contributed by atoms with E-state index in [-0.39, 0.29) is 40.4 Å². The Bertz CT molecular complexity index is 1980. The highest BCUT2D eigenvalue weighted by Gasteiger charge is 2.51. The lowest BCUT2D eigenvalue weighted by atomic mass is 9.97. The number of hydrogen-bond acceptors (Lipinski definition) is 20. The number of rotatable bonds is 11. The van der Waals surface area contributed by atoms with Crippen molar-refractivity contribution >= 4 is 11.0 Å². The Hall–Kier alpha value is -3.97. The highest BCUT2D eigenvalue weighted by Crippen LogP contribution is 2.42. The van der Waals surface area contributed by atoms with Crippen molar-refractivity contribution < 1.29 is 94.1 Å². The summed E-state index contributed by atoms with van der Waals surface area (Å²) in [5, 5.41) is 125. The van der Waals surface area contributed by atoms with Gasteiger partial charge in [-0.2, -0.15) is 0 Å². The summed E-state index contributed by atoms with van der Waals surface area (Å²) in [5.74, 6) is -1.99. The molecule has 3 fully saturated rings. The third-order valence-corrected chi connectivity index (χ3v) is 10.3. The molecule has 3 aliphatic heterocycles. The summed E-state index contributed by atoms with van der Waals surface area (Å²) < 4.78 is 40.7. The van der Waals surface area contributed by atoms with Crippen LogP contribution in [0.4, 0.5) is 0 Å². The molecule has 4 heterocycles. The van der Waals surface area contributed by atoms with Gasteiger partial charge in [0.1, 0.15) is 95.4 Å². The minimum atomic E-state index is -1.98. The van der Waals surface area contributed by atoms with Crippen molar-refractivity contribution in [2.45, 2.75) is 119 Å². The smallest absolute Gasteiger partial charge is 0.239 e. The molecule has 58 heavy (non-hydrogen) atoms. The van der Waals surface area contributed by atoms with Crippen LogP contribution in [0.15, 0.2) is 51.2 Å². The Labute approximate surface area is 329 Å². The SMILES string of the molecule is CC(C)=CCc1c(O[C@H]2O[C@@H](CO)[C@H](O)[C@H](O)[C@@H]2O)cc(O)c2c(=O)c(O[C@@H]3O[C@@H](C)[C@@H](O[C@H]4O[C@@H](CO)[C@H](O)[C@H](O)[C@@H]4O)[C@@H](O)[C@@H]3O)c(-c3ccc(O)cc3)oc12. The van der Waals surface area contributed by atoms with Gasteiger partial charge in [0, 0.05) is 17.2 Å². The second-order valence-electron chi connectivity index (χ2n) is 14.6. The summed E-state index contributed by atoms with van der Waals surface area (Å²) in [6.45, 7) is 3.47. The number of phenolic OH excluding ortho intramolecular Hbond substituents is 2. The van der Waals surface area contributed by atoms with Crippen LogP contribution in [0.1, 0.15) is 26.3 Å². The predicted molar refractivity (Wildman–Crippen MR) is 194 cm³/mol. The minimum absolute atomic E-state index is 0.00593. The third-order valence-electron chi connectivity index (χ3n) is 10.3. The fraction of sp³-hybridized carbons (Fsp3) is 0.553. The largest absolute Gasteiger partial charge is 0.508 e. The van der Waals surface area contributed by atoms with Crippen LogP contribution in [0.2, 0.25) is 0 Å². The van der Waals surface area contributed by atoms with E-state index in [2.05, 4.69) is 0 Å². The lowest BCUT2D eigenvalue weighted by molar-refractivity contribution is -0.348. The predicted octanol–water partition coefficient (Wildman–Crippen LogP) is -2.41. The van der Waals surface area contributed by atoms with E-state index in [1.54, 1.807) is 19.9 Å². The summed E-state index contributed by atoms with van der Waals surface area (Å²) in [6.07, 6.45) is -23.3. The van der Waals surface area contributed by atoms with Crippen molar-refractivity contribution in [3.05, 3.63) is 57.8 Å². The van der Waals surface area contributed by atoms with E-state index < -0.39 is 128 Å². The topological polar surface area (TPSA) is 328 Å². The number of allylic oxidation sites excluding steroid dienone is 2. The molecule has 15 atom stereocenters. The van der Waals surface area contributed by atoms with E-state index >= 15 is 0 Å². The van der Waals surface area contributed by atoms with Crippen LogP contribution < -0.4 is 14.9 Å². The Morgan fingerprint density at radius 2 is 1.28 bits per heavy atom. The zero-order chi connectivity index (χ0) is 42.3. The van der Waals surface area contributed by atoms with Crippen molar-refractivity contribution in [1.82, 2.24) is 0 Å². The first-order valence-electron chi connectivity index (χ1n) is 18.4. The van der Waals surface area contributed by atoms with Crippen LogP contribution in [0, 0.1) is 0 Å². The highest BCUT2D eigenvalue weighted by molar-refractivity contribution is 5.91. The van der Waals surface area contributed by atoms with Gasteiger partial charge in [-0.05, 0) is 51.5 Å². The number of benzene rings is 2. The number of fused-ring (bicyclic) bond motifs is 1. The van der Waals surface area contributed by atoms with E-state index in [0.29, 0.717) is 0 Å². The quantitative estimate of drug-likeness (QED) is 0.0896. The third kappa shape index (κ3) is 8.40. The molecule has 0 bridgehead atoms. The minimum Gasteiger partial charge on any atom is -0.508 e. The van der Waals surface area contributed by atoms with E-state index in [1.807, 2.05) is 0 Å². The molecule has 20 heteroatoms. The fourth-order valence-electron chi connectivity index (χ4n) is 6.91. The van der Waals surface area contributed by atoms with Gasteiger partial charge in [0.05, 0.1) is 19.3 Å². The fourth-order valence-corrected chi connectivity index (χ4v) is 6.91. The molecule has 6 rings (SSSR count). The van der Waals surface area contributed by atoms with Crippen LogP contribution in [0.25, 0.3) is 22.3 Å². The molecule has 3 aromatic rings. The van der Waals surface area contributed by atoms with Gasteiger partial charge in [0.2, 0.25) is 23.8 Å². The van der Waals surface area contributed by atoms with Crippen molar-refractivity contribution in [3.8, 4) is 34.3 Å². The van der Waals surface area contributed by atoms with Crippen molar-refractivity contribution in [2.75, 3.05) is 13.2 Å². The van der Waals surface area contributed by atoms with Crippen molar-refractivity contribution in [3.63, 3.8) is 0 Å². The van der Waals surface area contributed by atoms with E-state index in [0.717, 1.165) is 11.6 Å². The van der Waals surface area contributed by atoms with Gasteiger partial charge in [-0.3, -0.25) is 4.79 Å². The van der Waals surface area contributed by atoms with Crippen LogP contribution in [0.3, 0.4) is 0 Å². The van der Waals surface area contributed by atoms with Crippen molar-refractivity contribution in [2.24, 2.45) is 0 Å². The number of aliphatic hydroxyl groups excluding tert-OH is 10. The van der Waals surface area contributed by atoms with Gasteiger partial charge in [-0.25, -0.2) is 0 Å². The number of phenols is 2. The first kappa shape index (κ1) is 43.6.